The quantitative estimate of drug-likeness (QED) is 0.266. The average Bonchev–Trinajstić information content (AvgIpc) is 3.11. The number of benzene rings is 4. The van der Waals surface area contributed by atoms with Gasteiger partial charge in [-0.15, -0.1) is 0 Å². The molecule has 0 saturated carbocycles. The first kappa shape index (κ1) is 25.2. The Morgan fingerprint density at radius 1 is 0.778 bits per heavy atom. The molecule has 1 heterocycles. The van der Waals surface area contributed by atoms with Crippen molar-refractivity contribution < 1.29 is 9.59 Å². The summed E-state index contributed by atoms with van der Waals surface area (Å²) in [5, 5.41) is 0.757. The molecule has 0 radical (unpaired) electrons. The summed E-state index contributed by atoms with van der Waals surface area (Å²) < 4.78 is 0. The molecular formula is C28H23ClN4O2S. The van der Waals surface area contributed by atoms with Crippen LogP contribution in [0, 0.1) is 0 Å². The van der Waals surface area contributed by atoms with Crippen LogP contribution in [0.5, 0.6) is 0 Å². The molecule has 0 fully saturated rings. The van der Waals surface area contributed by atoms with Gasteiger partial charge in [0, 0.05) is 44.3 Å². The third-order valence-electron chi connectivity index (χ3n) is 5.18. The number of hydrogen-bond donors (Lipinski definition) is 3. The van der Waals surface area contributed by atoms with Crippen LogP contribution in [0.1, 0.15) is 31.8 Å². The van der Waals surface area contributed by atoms with Crippen LogP contribution in [-0.4, -0.2) is 18.0 Å². The van der Waals surface area contributed by atoms with Gasteiger partial charge in [0.25, 0.3) is 11.8 Å². The maximum Gasteiger partial charge on any atom is 0.269 e. The fourth-order valence-electron chi connectivity index (χ4n) is 3.25. The Hall–Kier alpha value is -3.91. The fraction of sp³-hybridized carbons (Fsp3) is 0.0357. The van der Waals surface area contributed by atoms with E-state index in [0.29, 0.717) is 17.7 Å². The molecule has 2 amide bonds. The highest BCUT2D eigenvalue weighted by Crippen LogP contribution is 2.39. The normalized spacial score (nSPS) is 11.2. The molecule has 1 aliphatic rings. The zero-order chi connectivity index (χ0) is 25.3. The predicted octanol–water partition coefficient (Wildman–Crippen LogP) is 5.78. The van der Waals surface area contributed by atoms with E-state index in [-0.39, 0.29) is 5.91 Å². The van der Waals surface area contributed by atoms with Crippen molar-refractivity contribution in [3.63, 3.8) is 0 Å². The lowest BCUT2D eigenvalue weighted by atomic mass is 10.2. The smallest absolute Gasteiger partial charge is 0.269 e. The molecule has 180 valence electrons. The van der Waals surface area contributed by atoms with Crippen LogP contribution in [0.3, 0.4) is 0 Å². The second-order valence-electron chi connectivity index (χ2n) is 7.69. The van der Waals surface area contributed by atoms with Gasteiger partial charge in [0.05, 0.1) is 5.69 Å². The highest BCUT2D eigenvalue weighted by molar-refractivity contribution is 7.99. The molecule has 5 rings (SSSR count). The lowest BCUT2D eigenvalue weighted by Gasteiger charge is -2.09. The third-order valence-corrected chi connectivity index (χ3v) is 6.59. The van der Waals surface area contributed by atoms with Gasteiger partial charge in [-0.05, 0) is 54.1 Å². The van der Waals surface area contributed by atoms with Gasteiger partial charge in [0.2, 0.25) is 0 Å². The predicted molar refractivity (Wildman–Crippen MR) is 145 cm³/mol. The molecule has 4 aromatic carbocycles. The molecule has 6 nitrogen and oxygen atoms in total. The van der Waals surface area contributed by atoms with Crippen molar-refractivity contribution in [1.29, 1.82) is 0 Å². The topological polar surface area (TPSA) is 96.6 Å². The number of nitrogens with two attached hydrogens (primary N) is 1. The molecule has 0 unspecified atom stereocenters. The molecule has 0 spiro atoms. The van der Waals surface area contributed by atoms with Gasteiger partial charge in [-0.1, -0.05) is 71.9 Å². The van der Waals surface area contributed by atoms with E-state index in [0.717, 1.165) is 31.6 Å². The number of carbonyl (C=O) groups excluding carboxylic acids is 2. The van der Waals surface area contributed by atoms with Crippen molar-refractivity contribution in [3.8, 4) is 0 Å². The standard InChI is InChI=1S/C21H15N3O2S.C7H8ClN/c25-20(14-6-2-1-3-7-14)23-24-21(26)15-10-11-19-17(12-15)22-13-16-8-4-5-9-18(16)27-19;8-7-3-1-6(5-9)2-4-7/h1-13H,(H,23,25)(H,24,26);1-4H,5,9H2. The van der Waals surface area contributed by atoms with E-state index >= 15 is 0 Å². The van der Waals surface area contributed by atoms with E-state index < -0.39 is 5.91 Å². The number of rotatable bonds is 3. The second kappa shape index (κ2) is 12.2. The maximum atomic E-state index is 12.4. The van der Waals surface area contributed by atoms with Crippen LogP contribution >= 0.6 is 23.4 Å². The molecule has 4 aromatic rings. The number of hydrogen-bond acceptors (Lipinski definition) is 5. The van der Waals surface area contributed by atoms with Gasteiger partial charge in [0.1, 0.15) is 0 Å². The molecule has 8 heteroatoms. The van der Waals surface area contributed by atoms with Gasteiger partial charge in [-0.2, -0.15) is 0 Å². The van der Waals surface area contributed by atoms with Crippen LogP contribution < -0.4 is 16.6 Å². The summed E-state index contributed by atoms with van der Waals surface area (Å²) in [7, 11) is 0. The number of fused-ring (bicyclic) bond motifs is 2. The molecular weight excluding hydrogens is 492 g/mol. The minimum Gasteiger partial charge on any atom is -0.326 e. The molecule has 36 heavy (non-hydrogen) atoms. The van der Waals surface area contributed by atoms with Crippen molar-refractivity contribution in [2.75, 3.05) is 0 Å². The Bertz CT molecular complexity index is 1390. The third kappa shape index (κ3) is 6.60. The lowest BCUT2D eigenvalue weighted by Crippen LogP contribution is -2.41. The van der Waals surface area contributed by atoms with Gasteiger partial charge < -0.3 is 5.73 Å². The number of aliphatic imine (C=N–C) groups is 1. The highest BCUT2D eigenvalue weighted by atomic mass is 35.5. The van der Waals surface area contributed by atoms with Crippen molar-refractivity contribution in [2.45, 2.75) is 16.3 Å². The number of nitrogens with zero attached hydrogens (tertiary/aromatic N) is 1. The first-order valence-electron chi connectivity index (χ1n) is 11.1. The zero-order valence-electron chi connectivity index (χ0n) is 19.1. The zero-order valence-corrected chi connectivity index (χ0v) is 20.7. The molecule has 0 aromatic heterocycles. The molecule has 1 aliphatic heterocycles. The number of hydrazine groups is 1. The second-order valence-corrected chi connectivity index (χ2v) is 9.21. The summed E-state index contributed by atoms with van der Waals surface area (Å²) in [6, 6.07) is 29.5. The molecule has 0 saturated heterocycles. The van der Waals surface area contributed by atoms with E-state index in [1.165, 1.54) is 0 Å². The van der Waals surface area contributed by atoms with Gasteiger partial charge in [0.15, 0.2) is 0 Å². The average molecular weight is 515 g/mol. The molecule has 0 atom stereocenters. The summed E-state index contributed by atoms with van der Waals surface area (Å²) in [6.07, 6.45) is 1.80. The Labute approximate surface area is 218 Å². The van der Waals surface area contributed by atoms with E-state index in [4.69, 9.17) is 17.3 Å². The first-order valence-corrected chi connectivity index (χ1v) is 12.3. The van der Waals surface area contributed by atoms with Gasteiger partial charge in [-0.3, -0.25) is 25.4 Å². The Morgan fingerprint density at radius 2 is 1.44 bits per heavy atom. The fourth-order valence-corrected chi connectivity index (χ4v) is 4.35. The monoisotopic (exact) mass is 514 g/mol. The summed E-state index contributed by atoms with van der Waals surface area (Å²) in [6.45, 7) is 0.581. The molecule has 4 N–H and O–H groups in total. The Balaban J connectivity index is 0.000000286. The van der Waals surface area contributed by atoms with Crippen molar-refractivity contribution >= 4 is 47.1 Å². The van der Waals surface area contributed by atoms with Crippen LogP contribution in [0.15, 0.2) is 112 Å². The molecule has 0 bridgehead atoms. The maximum absolute atomic E-state index is 12.4. The number of carbonyl (C=O) groups is 2. The van der Waals surface area contributed by atoms with E-state index in [1.807, 2.05) is 60.7 Å². The Morgan fingerprint density at radius 3 is 2.17 bits per heavy atom. The van der Waals surface area contributed by atoms with Crippen LogP contribution in [0.2, 0.25) is 5.02 Å². The summed E-state index contributed by atoms with van der Waals surface area (Å²) in [5.41, 5.74) is 14.0. The lowest BCUT2D eigenvalue weighted by molar-refractivity contribution is 0.0846. The van der Waals surface area contributed by atoms with E-state index in [2.05, 4.69) is 15.8 Å². The Kier molecular flexibility index (Phi) is 8.52. The summed E-state index contributed by atoms with van der Waals surface area (Å²) >= 11 is 7.24. The SMILES string of the molecule is NCc1ccc(Cl)cc1.O=C(NNC(=O)c1ccc2c(c1)N=Cc1ccccc1S2)c1ccccc1. The molecule has 0 aliphatic carbocycles. The highest BCUT2D eigenvalue weighted by Gasteiger charge is 2.14. The van der Waals surface area contributed by atoms with E-state index in [9.17, 15) is 9.59 Å². The van der Waals surface area contributed by atoms with Gasteiger partial charge >= 0.3 is 0 Å². The van der Waals surface area contributed by atoms with Crippen molar-refractivity contribution in [3.05, 3.63) is 124 Å². The largest absolute Gasteiger partial charge is 0.326 e. The summed E-state index contributed by atoms with van der Waals surface area (Å²) in [5.74, 6) is -0.772. The van der Waals surface area contributed by atoms with Crippen LogP contribution in [0.25, 0.3) is 0 Å². The minimum absolute atomic E-state index is 0.372. The van der Waals surface area contributed by atoms with Gasteiger partial charge in [-0.25, -0.2) is 0 Å². The van der Waals surface area contributed by atoms with Crippen LogP contribution in [0.4, 0.5) is 5.69 Å². The number of halogens is 1. The van der Waals surface area contributed by atoms with Crippen molar-refractivity contribution in [2.24, 2.45) is 10.7 Å². The summed E-state index contributed by atoms with van der Waals surface area (Å²) in [4.78, 5) is 31.0. The first-order chi connectivity index (χ1) is 17.5. The minimum atomic E-state index is -0.399. The van der Waals surface area contributed by atoms with E-state index in [1.54, 1.807) is 54.4 Å². The number of amides is 2. The van der Waals surface area contributed by atoms with Crippen LogP contribution in [-0.2, 0) is 6.54 Å². The van der Waals surface area contributed by atoms with Crippen molar-refractivity contribution in [1.82, 2.24) is 10.9 Å². The number of nitrogens with one attached hydrogen (secondary N) is 2.